The summed E-state index contributed by atoms with van der Waals surface area (Å²) in [6, 6.07) is 22.0. The van der Waals surface area contributed by atoms with Crippen molar-refractivity contribution in [3.05, 3.63) is 72.3 Å². The van der Waals surface area contributed by atoms with E-state index in [0.717, 1.165) is 39.3 Å². The molecular weight excluding hydrogens is 486 g/mol. The normalized spacial score (nSPS) is 14.7. The Kier molecular flexibility index (Phi) is 8.20. The Bertz CT molecular complexity index is 1380. The van der Waals surface area contributed by atoms with Crippen molar-refractivity contribution >= 4 is 23.1 Å². The molecule has 1 atom stereocenters. The molecule has 0 spiro atoms. The van der Waals surface area contributed by atoms with Crippen LogP contribution in [0.4, 0.5) is 21.9 Å². The Balaban J connectivity index is 1.48. The monoisotopic (exact) mass is 523 g/mol. The standard InChI is InChI=1S/C31H37N7O/c1-20(2)29(22-9-5-4-6-10-22)33-27-18-15-23(25-11-7-8-12-26(25)30-35-37-38-36-30)19-28(27)34-31(39)32-24-16-13-21(3)14-17-24/h7-8,11-20,22,29,33H,4-6,9-10H2,1-3H3,(H2,32,34,39)(H,35,36,37,38). The van der Waals surface area contributed by atoms with Crippen LogP contribution >= 0.6 is 0 Å². The molecule has 8 nitrogen and oxygen atoms in total. The van der Waals surface area contributed by atoms with Gasteiger partial charge in [0.25, 0.3) is 0 Å². The number of aromatic amines is 1. The summed E-state index contributed by atoms with van der Waals surface area (Å²) in [5.41, 5.74) is 6.34. The Hall–Kier alpha value is -4.20. The van der Waals surface area contributed by atoms with E-state index in [1.165, 1.54) is 32.1 Å². The van der Waals surface area contributed by atoms with Gasteiger partial charge in [0.15, 0.2) is 5.82 Å². The lowest BCUT2D eigenvalue weighted by Gasteiger charge is -2.35. The van der Waals surface area contributed by atoms with Crippen molar-refractivity contribution in [1.29, 1.82) is 0 Å². The zero-order valence-electron chi connectivity index (χ0n) is 22.9. The topological polar surface area (TPSA) is 108 Å². The largest absolute Gasteiger partial charge is 0.380 e. The summed E-state index contributed by atoms with van der Waals surface area (Å²) in [7, 11) is 0. The van der Waals surface area contributed by atoms with Gasteiger partial charge in [0.1, 0.15) is 0 Å². The van der Waals surface area contributed by atoms with Gasteiger partial charge >= 0.3 is 6.03 Å². The van der Waals surface area contributed by atoms with E-state index in [9.17, 15) is 4.79 Å². The number of aryl methyl sites for hydroxylation is 1. The molecule has 0 radical (unpaired) electrons. The highest BCUT2D eigenvalue weighted by molar-refractivity contribution is 6.02. The number of benzene rings is 3. The van der Waals surface area contributed by atoms with Gasteiger partial charge in [0, 0.05) is 17.3 Å². The molecule has 1 aromatic heterocycles. The van der Waals surface area contributed by atoms with E-state index < -0.39 is 0 Å². The Labute approximate surface area is 230 Å². The first kappa shape index (κ1) is 26.4. The molecule has 1 aliphatic carbocycles. The van der Waals surface area contributed by atoms with Gasteiger partial charge in [-0.25, -0.2) is 9.89 Å². The summed E-state index contributed by atoms with van der Waals surface area (Å²) in [5.74, 6) is 1.67. The van der Waals surface area contributed by atoms with Crippen LogP contribution in [0.1, 0.15) is 51.5 Å². The molecule has 8 heteroatoms. The number of urea groups is 1. The van der Waals surface area contributed by atoms with Crippen molar-refractivity contribution in [2.45, 2.75) is 58.9 Å². The minimum absolute atomic E-state index is 0.287. The van der Waals surface area contributed by atoms with Crippen LogP contribution in [0.3, 0.4) is 0 Å². The first-order valence-electron chi connectivity index (χ1n) is 13.9. The lowest BCUT2D eigenvalue weighted by molar-refractivity contribution is 0.262. The molecule has 0 aliphatic heterocycles. The van der Waals surface area contributed by atoms with Gasteiger partial charge in [-0.1, -0.05) is 81.1 Å². The fourth-order valence-electron chi connectivity index (χ4n) is 5.58. The van der Waals surface area contributed by atoms with Gasteiger partial charge in [-0.05, 0) is 77.4 Å². The number of rotatable bonds is 8. The number of anilines is 3. The zero-order chi connectivity index (χ0) is 27.2. The lowest BCUT2D eigenvalue weighted by Crippen LogP contribution is -2.35. The maximum Gasteiger partial charge on any atom is 0.323 e. The number of nitrogens with one attached hydrogen (secondary N) is 4. The fraction of sp³-hybridized carbons (Fsp3) is 0.355. The van der Waals surface area contributed by atoms with Crippen molar-refractivity contribution in [2.75, 3.05) is 16.0 Å². The Morgan fingerprint density at radius 3 is 2.33 bits per heavy atom. The van der Waals surface area contributed by atoms with Gasteiger partial charge in [-0.15, -0.1) is 5.10 Å². The number of hydrogen-bond acceptors (Lipinski definition) is 5. The van der Waals surface area contributed by atoms with Gasteiger partial charge in [-0.2, -0.15) is 0 Å². The van der Waals surface area contributed by atoms with E-state index in [1.807, 2.05) is 61.5 Å². The molecule has 0 bridgehead atoms. The second kappa shape index (κ2) is 12.1. The predicted octanol–water partition coefficient (Wildman–Crippen LogP) is 7.50. The van der Waals surface area contributed by atoms with Crippen molar-refractivity contribution in [2.24, 2.45) is 11.8 Å². The second-order valence-corrected chi connectivity index (χ2v) is 10.8. The third-order valence-corrected chi connectivity index (χ3v) is 7.61. The first-order valence-corrected chi connectivity index (χ1v) is 13.9. The van der Waals surface area contributed by atoms with Gasteiger partial charge < -0.3 is 16.0 Å². The van der Waals surface area contributed by atoms with Crippen LogP contribution in [0, 0.1) is 18.8 Å². The molecular formula is C31H37N7O. The highest BCUT2D eigenvalue weighted by atomic mass is 16.2. The summed E-state index contributed by atoms with van der Waals surface area (Å²) in [6.45, 7) is 6.58. The zero-order valence-corrected chi connectivity index (χ0v) is 22.9. The molecule has 1 unspecified atom stereocenters. The van der Waals surface area contributed by atoms with Crippen molar-refractivity contribution < 1.29 is 4.79 Å². The number of hydrogen-bond donors (Lipinski definition) is 4. The van der Waals surface area contributed by atoms with Crippen LogP contribution in [0.15, 0.2) is 66.7 Å². The van der Waals surface area contributed by atoms with Crippen LogP contribution in [-0.2, 0) is 0 Å². The van der Waals surface area contributed by atoms with E-state index in [4.69, 9.17) is 0 Å². The SMILES string of the molecule is Cc1ccc(NC(=O)Nc2cc(-c3ccccc3-c3nnn[nH]3)ccc2NC(C(C)C)C2CCCCC2)cc1. The van der Waals surface area contributed by atoms with Gasteiger partial charge in [-0.3, -0.25) is 0 Å². The number of carbonyl (C=O) groups excluding carboxylic acids is 1. The number of aromatic nitrogens is 4. The van der Waals surface area contributed by atoms with Gasteiger partial charge in [0.2, 0.25) is 0 Å². The van der Waals surface area contributed by atoms with Crippen LogP contribution in [0.5, 0.6) is 0 Å². The van der Waals surface area contributed by atoms with E-state index in [2.05, 4.69) is 62.6 Å². The highest BCUT2D eigenvalue weighted by Crippen LogP contribution is 2.37. The average molecular weight is 524 g/mol. The number of carbonyl (C=O) groups is 1. The smallest absolute Gasteiger partial charge is 0.323 e. The molecule has 1 saturated carbocycles. The van der Waals surface area contributed by atoms with E-state index >= 15 is 0 Å². The summed E-state index contributed by atoms with van der Waals surface area (Å²) in [6.07, 6.45) is 6.37. The maximum absolute atomic E-state index is 13.2. The van der Waals surface area contributed by atoms with Crippen LogP contribution in [0.25, 0.3) is 22.5 Å². The molecule has 39 heavy (non-hydrogen) atoms. The Morgan fingerprint density at radius 1 is 0.897 bits per heavy atom. The third kappa shape index (κ3) is 6.45. The maximum atomic E-state index is 13.2. The van der Waals surface area contributed by atoms with Crippen LogP contribution in [-0.4, -0.2) is 32.7 Å². The van der Waals surface area contributed by atoms with Crippen molar-refractivity contribution in [3.8, 4) is 22.5 Å². The first-order chi connectivity index (χ1) is 19.0. The lowest BCUT2D eigenvalue weighted by atomic mass is 9.79. The molecule has 1 heterocycles. The summed E-state index contributed by atoms with van der Waals surface area (Å²) in [4.78, 5) is 13.2. The number of tetrazole rings is 1. The van der Waals surface area contributed by atoms with E-state index in [-0.39, 0.29) is 6.03 Å². The minimum Gasteiger partial charge on any atom is -0.380 e. The Morgan fingerprint density at radius 2 is 1.64 bits per heavy atom. The quantitative estimate of drug-likeness (QED) is 0.191. The minimum atomic E-state index is -0.287. The van der Waals surface area contributed by atoms with Crippen molar-refractivity contribution in [1.82, 2.24) is 20.6 Å². The summed E-state index contributed by atoms with van der Waals surface area (Å²) >= 11 is 0. The fourth-order valence-corrected chi connectivity index (χ4v) is 5.58. The van der Waals surface area contributed by atoms with Crippen LogP contribution < -0.4 is 16.0 Å². The van der Waals surface area contributed by atoms with E-state index in [0.29, 0.717) is 23.7 Å². The van der Waals surface area contributed by atoms with Gasteiger partial charge in [0.05, 0.1) is 11.4 Å². The van der Waals surface area contributed by atoms with Crippen molar-refractivity contribution in [3.63, 3.8) is 0 Å². The number of amides is 2. The average Bonchev–Trinajstić information content (AvgIpc) is 3.49. The number of H-pyrrole nitrogens is 1. The second-order valence-electron chi connectivity index (χ2n) is 10.8. The predicted molar refractivity (Wildman–Crippen MR) is 158 cm³/mol. The van der Waals surface area contributed by atoms with E-state index in [1.54, 1.807) is 0 Å². The highest BCUT2D eigenvalue weighted by Gasteiger charge is 2.27. The summed E-state index contributed by atoms with van der Waals surface area (Å²) < 4.78 is 0. The summed E-state index contributed by atoms with van der Waals surface area (Å²) in [5, 5.41) is 24.4. The molecule has 3 aromatic carbocycles. The molecule has 1 aliphatic rings. The third-order valence-electron chi connectivity index (χ3n) is 7.61. The molecule has 5 rings (SSSR count). The molecule has 1 fully saturated rings. The molecule has 0 saturated heterocycles. The molecule has 4 aromatic rings. The molecule has 4 N–H and O–H groups in total. The molecule has 2 amide bonds. The van der Waals surface area contributed by atoms with Crippen LogP contribution in [0.2, 0.25) is 0 Å². The molecule has 202 valence electrons. The number of nitrogens with zero attached hydrogens (tertiary/aromatic N) is 3.